The Labute approximate surface area is 140 Å². The standard InChI is InChI=1S/C17H13BrFNO3/c1-22-12-5-2-10(3-6-12)16-14(9-21)17(23-20-16)13-8-11(18)4-7-15(13)19/h2-8,21H,9H2,1H3. The molecule has 4 nitrogen and oxygen atoms in total. The minimum atomic E-state index is -0.444. The van der Waals surface area contributed by atoms with E-state index in [9.17, 15) is 9.50 Å². The molecule has 0 aliphatic carbocycles. The van der Waals surface area contributed by atoms with Crippen LogP contribution in [0.2, 0.25) is 0 Å². The van der Waals surface area contributed by atoms with Gasteiger partial charge in [-0.2, -0.15) is 0 Å². The fourth-order valence-corrected chi connectivity index (χ4v) is 2.68. The number of aliphatic hydroxyl groups excluding tert-OH is 1. The van der Waals surface area contributed by atoms with E-state index in [-0.39, 0.29) is 17.9 Å². The van der Waals surface area contributed by atoms with Crippen LogP contribution in [0.1, 0.15) is 5.56 Å². The molecule has 118 valence electrons. The molecule has 0 radical (unpaired) electrons. The van der Waals surface area contributed by atoms with Crippen LogP contribution in [0.4, 0.5) is 4.39 Å². The summed E-state index contributed by atoms with van der Waals surface area (Å²) in [6.07, 6.45) is 0. The molecule has 1 N–H and O–H groups in total. The van der Waals surface area contributed by atoms with E-state index in [4.69, 9.17) is 9.26 Å². The van der Waals surface area contributed by atoms with Crippen LogP contribution in [0.3, 0.4) is 0 Å². The van der Waals surface area contributed by atoms with Gasteiger partial charge >= 0.3 is 0 Å². The highest BCUT2D eigenvalue weighted by molar-refractivity contribution is 9.10. The number of halogens is 2. The van der Waals surface area contributed by atoms with Gasteiger partial charge in [-0.1, -0.05) is 21.1 Å². The van der Waals surface area contributed by atoms with Gasteiger partial charge in [0.15, 0.2) is 5.76 Å². The molecular formula is C17H13BrFNO3. The van der Waals surface area contributed by atoms with E-state index in [2.05, 4.69) is 21.1 Å². The molecule has 0 fully saturated rings. The zero-order valence-corrected chi connectivity index (χ0v) is 13.8. The van der Waals surface area contributed by atoms with Gasteiger partial charge < -0.3 is 14.4 Å². The highest BCUT2D eigenvalue weighted by Gasteiger charge is 2.21. The summed E-state index contributed by atoms with van der Waals surface area (Å²) < 4.78 is 25.2. The summed E-state index contributed by atoms with van der Waals surface area (Å²) in [5.41, 5.74) is 1.91. The van der Waals surface area contributed by atoms with Crippen LogP contribution >= 0.6 is 15.9 Å². The average molecular weight is 378 g/mol. The molecule has 3 rings (SSSR count). The van der Waals surface area contributed by atoms with Crippen LogP contribution in [-0.4, -0.2) is 17.4 Å². The maximum absolute atomic E-state index is 14.1. The normalized spacial score (nSPS) is 10.8. The Morgan fingerprint density at radius 3 is 2.61 bits per heavy atom. The SMILES string of the molecule is COc1ccc(-c2noc(-c3cc(Br)ccc3F)c2CO)cc1. The average Bonchev–Trinajstić information content (AvgIpc) is 3.00. The van der Waals surface area contributed by atoms with Crippen molar-refractivity contribution in [2.24, 2.45) is 0 Å². The summed E-state index contributed by atoms with van der Waals surface area (Å²) in [6.45, 7) is -0.313. The lowest BCUT2D eigenvalue weighted by Crippen LogP contribution is -1.91. The molecule has 0 saturated carbocycles. The van der Waals surface area contributed by atoms with Gasteiger partial charge in [-0.3, -0.25) is 0 Å². The van der Waals surface area contributed by atoms with Crippen molar-refractivity contribution in [3.8, 4) is 28.3 Å². The fraction of sp³-hybridized carbons (Fsp3) is 0.118. The van der Waals surface area contributed by atoms with Crippen LogP contribution in [-0.2, 0) is 6.61 Å². The maximum atomic E-state index is 14.1. The monoisotopic (exact) mass is 377 g/mol. The number of benzene rings is 2. The van der Waals surface area contributed by atoms with E-state index < -0.39 is 5.82 Å². The Balaban J connectivity index is 2.11. The minimum absolute atomic E-state index is 0.220. The molecule has 0 spiro atoms. The van der Waals surface area contributed by atoms with Crippen molar-refractivity contribution in [1.29, 1.82) is 0 Å². The summed E-state index contributed by atoms with van der Waals surface area (Å²) in [5.74, 6) is 0.485. The molecule has 1 aromatic heterocycles. The summed E-state index contributed by atoms with van der Waals surface area (Å²) in [6, 6.07) is 11.7. The maximum Gasteiger partial charge on any atom is 0.175 e. The first-order chi connectivity index (χ1) is 11.1. The van der Waals surface area contributed by atoms with Gasteiger partial charge in [-0.15, -0.1) is 0 Å². The van der Waals surface area contributed by atoms with Crippen molar-refractivity contribution < 1.29 is 18.8 Å². The van der Waals surface area contributed by atoms with Gasteiger partial charge in [-0.05, 0) is 42.5 Å². The number of ether oxygens (including phenoxy) is 1. The number of nitrogens with zero attached hydrogens (tertiary/aromatic N) is 1. The van der Waals surface area contributed by atoms with E-state index in [0.29, 0.717) is 21.5 Å². The third-order valence-corrected chi connectivity index (χ3v) is 3.98. The molecular weight excluding hydrogens is 365 g/mol. The van der Waals surface area contributed by atoms with Crippen molar-refractivity contribution in [1.82, 2.24) is 5.16 Å². The highest BCUT2D eigenvalue weighted by atomic mass is 79.9. The van der Waals surface area contributed by atoms with Crippen molar-refractivity contribution in [2.75, 3.05) is 7.11 Å². The second-order valence-corrected chi connectivity index (χ2v) is 5.77. The van der Waals surface area contributed by atoms with Crippen LogP contribution < -0.4 is 4.74 Å². The van der Waals surface area contributed by atoms with E-state index in [1.54, 1.807) is 43.5 Å². The predicted octanol–water partition coefficient (Wildman–Crippen LogP) is 4.41. The topological polar surface area (TPSA) is 55.5 Å². The van der Waals surface area contributed by atoms with E-state index in [0.717, 1.165) is 5.56 Å². The molecule has 23 heavy (non-hydrogen) atoms. The largest absolute Gasteiger partial charge is 0.497 e. The molecule has 0 saturated heterocycles. The first-order valence-electron chi connectivity index (χ1n) is 6.83. The molecule has 0 aliphatic rings. The number of methoxy groups -OCH3 is 1. The molecule has 6 heteroatoms. The molecule has 0 amide bonds. The lowest BCUT2D eigenvalue weighted by Gasteiger charge is -2.04. The molecule has 0 bridgehead atoms. The molecule has 0 atom stereocenters. The Morgan fingerprint density at radius 2 is 1.96 bits per heavy atom. The number of hydrogen-bond donors (Lipinski definition) is 1. The van der Waals surface area contributed by atoms with Gasteiger partial charge in [0.25, 0.3) is 0 Å². The summed E-state index contributed by atoms with van der Waals surface area (Å²) in [5, 5.41) is 13.7. The number of aliphatic hydroxyl groups is 1. The zero-order chi connectivity index (χ0) is 16.4. The summed E-state index contributed by atoms with van der Waals surface area (Å²) in [4.78, 5) is 0. The molecule has 1 heterocycles. The smallest absolute Gasteiger partial charge is 0.175 e. The Kier molecular flexibility index (Phi) is 4.45. The second kappa shape index (κ2) is 6.52. The van der Waals surface area contributed by atoms with Crippen molar-refractivity contribution in [3.05, 3.63) is 58.3 Å². The minimum Gasteiger partial charge on any atom is -0.497 e. The van der Waals surface area contributed by atoms with Crippen LogP contribution in [0, 0.1) is 5.82 Å². The van der Waals surface area contributed by atoms with Gasteiger partial charge in [-0.25, -0.2) is 4.39 Å². The fourth-order valence-electron chi connectivity index (χ4n) is 2.31. The number of rotatable bonds is 4. The molecule has 3 aromatic rings. The Morgan fingerprint density at radius 1 is 1.22 bits per heavy atom. The Bertz CT molecular complexity index is 830. The molecule has 0 unspecified atom stereocenters. The molecule has 2 aromatic carbocycles. The molecule has 0 aliphatic heterocycles. The van der Waals surface area contributed by atoms with Crippen molar-refractivity contribution >= 4 is 15.9 Å². The lowest BCUT2D eigenvalue weighted by atomic mass is 10.0. The summed E-state index contributed by atoms with van der Waals surface area (Å²) in [7, 11) is 1.58. The third-order valence-electron chi connectivity index (χ3n) is 3.48. The first kappa shape index (κ1) is 15.7. The van der Waals surface area contributed by atoms with Gasteiger partial charge in [0.1, 0.15) is 17.3 Å². The lowest BCUT2D eigenvalue weighted by molar-refractivity contribution is 0.281. The first-order valence-corrected chi connectivity index (χ1v) is 7.62. The van der Waals surface area contributed by atoms with E-state index in [1.165, 1.54) is 6.07 Å². The van der Waals surface area contributed by atoms with Crippen molar-refractivity contribution in [3.63, 3.8) is 0 Å². The van der Waals surface area contributed by atoms with E-state index >= 15 is 0 Å². The van der Waals surface area contributed by atoms with Crippen LogP contribution in [0.15, 0.2) is 51.5 Å². The zero-order valence-electron chi connectivity index (χ0n) is 12.2. The highest BCUT2D eigenvalue weighted by Crippen LogP contribution is 2.35. The quantitative estimate of drug-likeness (QED) is 0.731. The van der Waals surface area contributed by atoms with Crippen LogP contribution in [0.25, 0.3) is 22.6 Å². The van der Waals surface area contributed by atoms with Gasteiger partial charge in [0.2, 0.25) is 0 Å². The third kappa shape index (κ3) is 3.00. The van der Waals surface area contributed by atoms with Crippen LogP contribution in [0.5, 0.6) is 5.75 Å². The van der Waals surface area contributed by atoms with Gasteiger partial charge in [0.05, 0.1) is 24.8 Å². The number of aromatic nitrogens is 1. The second-order valence-electron chi connectivity index (χ2n) is 4.85. The van der Waals surface area contributed by atoms with Crippen molar-refractivity contribution in [2.45, 2.75) is 6.61 Å². The van der Waals surface area contributed by atoms with Gasteiger partial charge in [0, 0.05) is 10.0 Å². The Hall–Kier alpha value is -2.18. The number of hydrogen-bond acceptors (Lipinski definition) is 4. The predicted molar refractivity (Wildman–Crippen MR) is 87.5 cm³/mol. The van der Waals surface area contributed by atoms with E-state index in [1.807, 2.05) is 0 Å². The summed E-state index contributed by atoms with van der Waals surface area (Å²) >= 11 is 3.30.